The second-order valence-electron chi connectivity index (χ2n) is 9.86. The summed E-state index contributed by atoms with van der Waals surface area (Å²) in [7, 11) is 0. The van der Waals surface area contributed by atoms with Gasteiger partial charge in [-0.1, -0.05) is 48.5 Å². The molecule has 0 spiro atoms. The van der Waals surface area contributed by atoms with Gasteiger partial charge < -0.3 is 29.4 Å². The maximum Gasteiger partial charge on any atom is 0.407 e. The molecule has 0 radical (unpaired) electrons. The van der Waals surface area contributed by atoms with Gasteiger partial charge in [0.2, 0.25) is 0 Å². The standard InChI is InChI=1S/C28H35NO7/c1-28(2,36-25-13-7-8-15-34-25)14-16-33-18-24(26(30)31)29-27(32)35-17-23-21-11-5-3-9-19(21)20-10-4-6-12-22(20)23/h3-6,9-12,23-25H,7-8,13-18H2,1-2H3,(H,29,32)(H,30,31). The number of hydrogen-bond donors (Lipinski definition) is 2. The van der Waals surface area contributed by atoms with E-state index >= 15 is 0 Å². The lowest BCUT2D eigenvalue weighted by Gasteiger charge is -2.32. The molecule has 1 aliphatic carbocycles. The van der Waals surface area contributed by atoms with Crippen molar-refractivity contribution in [1.82, 2.24) is 5.32 Å². The van der Waals surface area contributed by atoms with Gasteiger partial charge in [0.1, 0.15) is 6.61 Å². The summed E-state index contributed by atoms with van der Waals surface area (Å²) >= 11 is 0. The van der Waals surface area contributed by atoms with E-state index in [4.69, 9.17) is 18.9 Å². The summed E-state index contributed by atoms with van der Waals surface area (Å²) in [4.78, 5) is 24.2. The first-order chi connectivity index (χ1) is 17.3. The molecule has 1 heterocycles. The molecule has 1 saturated heterocycles. The number of nitrogens with one attached hydrogen (secondary N) is 1. The summed E-state index contributed by atoms with van der Waals surface area (Å²) in [6.07, 6.45) is 2.57. The van der Waals surface area contributed by atoms with Crippen LogP contribution in [0, 0.1) is 0 Å². The number of amides is 1. The van der Waals surface area contributed by atoms with Crippen LogP contribution in [-0.2, 0) is 23.7 Å². The third kappa shape index (κ3) is 6.63. The molecule has 2 aromatic carbocycles. The first-order valence-corrected chi connectivity index (χ1v) is 12.6. The average molecular weight is 498 g/mol. The number of alkyl carbamates (subject to hydrolysis) is 1. The van der Waals surface area contributed by atoms with Crippen molar-refractivity contribution in [2.45, 2.75) is 63.4 Å². The Morgan fingerprint density at radius 2 is 1.75 bits per heavy atom. The normalized spacial score (nSPS) is 18.2. The Labute approximate surface area is 211 Å². The highest BCUT2D eigenvalue weighted by Crippen LogP contribution is 2.44. The van der Waals surface area contributed by atoms with Crippen LogP contribution in [0.3, 0.4) is 0 Å². The Morgan fingerprint density at radius 3 is 2.36 bits per heavy atom. The summed E-state index contributed by atoms with van der Waals surface area (Å²) in [6.45, 7) is 4.85. The Bertz CT molecular complexity index is 1000. The minimum atomic E-state index is -1.22. The van der Waals surface area contributed by atoms with Crippen LogP contribution in [0.5, 0.6) is 0 Å². The summed E-state index contributed by atoms with van der Waals surface area (Å²) < 4.78 is 22.7. The third-order valence-electron chi connectivity index (χ3n) is 6.66. The fourth-order valence-electron chi connectivity index (χ4n) is 4.70. The molecular formula is C28H35NO7. The molecular weight excluding hydrogens is 462 g/mol. The maximum atomic E-state index is 12.5. The van der Waals surface area contributed by atoms with Crippen molar-refractivity contribution < 1.29 is 33.6 Å². The number of benzene rings is 2. The quantitative estimate of drug-likeness (QED) is 0.434. The minimum Gasteiger partial charge on any atom is -0.480 e. The number of aliphatic carboxylic acids is 1. The molecule has 0 bridgehead atoms. The first kappa shape index (κ1) is 26.1. The molecule has 4 rings (SSSR count). The molecule has 1 fully saturated rings. The van der Waals surface area contributed by atoms with E-state index in [1.165, 1.54) is 0 Å². The van der Waals surface area contributed by atoms with Crippen molar-refractivity contribution in [2.24, 2.45) is 0 Å². The number of carbonyl (C=O) groups is 2. The van der Waals surface area contributed by atoms with Gasteiger partial charge >= 0.3 is 12.1 Å². The van der Waals surface area contributed by atoms with Crippen molar-refractivity contribution in [1.29, 1.82) is 0 Å². The summed E-state index contributed by atoms with van der Waals surface area (Å²) in [5.74, 6) is -1.28. The lowest BCUT2D eigenvalue weighted by Crippen LogP contribution is -2.44. The highest BCUT2D eigenvalue weighted by molar-refractivity contribution is 5.81. The van der Waals surface area contributed by atoms with Gasteiger partial charge in [0, 0.05) is 19.1 Å². The van der Waals surface area contributed by atoms with Gasteiger partial charge in [-0.25, -0.2) is 9.59 Å². The molecule has 0 saturated carbocycles. The van der Waals surface area contributed by atoms with Gasteiger partial charge in [-0.3, -0.25) is 0 Å². The second-order valence-corrected chi connectivity index (χ2v) is 9.86. The molecule has 194 valence electrons. The van der Waals surface area contributed by atoms with Crippen LogP contribution in [0.2, 0.25) is 0 Å². The molecule has 2 atom stereocenters. The Balaban J connectivity index is 1.23. The first-order valence-electron chi connectivity index (χ1n) is 12.6. The highest BCUT2D eigenvalue weighted by atomic mass is 16.7. The van der Waals surface area contributed by atoms with E-state index in [0.717, 1.165) is 41.5 Å². The van der Waals surface area contributed by atoms with Crippen LogP contribution in [0.25, 0.3) is 11.1 Å². The molecule has 0 aromatic heterocycles. The maximum absolute atomic E-state index is 12.5. The average Bonchev–Trinajstić information content (AvgIpc) is 3.18. The summed E-state index contributed by atoms with van der Waals surface area (Å²) in [6, 6.07) is 14.9. The molecule has 1 aliphatic heterocycles. The predicted molar refractivity (Wildman–Crippen MR) is 134 cm³/mol. The number of fused-ring (bicyclic) bond motifs is 3. The van der Waals surface area contributed by atoms with Crippen molar-refractivity contribution in [3.8, 4) is 11.1 Å². The van der Waals surface area contributed by atoms with E-state index in [2.05, 4.69) is 17.4 Å². The smallest absolute Gasteiger partial charge is 0.407 e. The SMILES string of the molecule is CC(C)(CCOCC(NC(=O)OCC1c2ccccc2-c2ccccc21)C(=O)O)OC1CCCCO1. The topological polar surface area (TPSA) is 103 Å². The second kappa shape index (κ2) is 11.9. The fourth-order valence-corrected chi connectivity index (χ4v) is 4.70. The third-order valence-corrected chi connectivity index (χ3v) is 6.66. The fraction of sp³-hybridized carbons (Fsp3) is 0.500. The van der Waals surface area contributed by atoms with Gasteiger partial charge in [0.05, 0.1) is 12.2 Å². The molecule has 2 N–H and O–H groups in total. The predicted octanol–water partition coefficient (Wildman–Crippen LogP) is 4.71. The van der Waals surface area contributed by atoms with E-state index in [-0.39, 0.29) is 32.0 Å². The Kier molecular flexibility index (Phi) is 8.61. The monoisotopic (exact) mass is 497 g/mol. The summed E-state index contributed by atoms with van der Waals surface area (Å²) in [5.41, 5.74) is 3.96. The van der Waals surface area contributed by atoms with Crippen molar-refractivity contribution >= 4 is 12.1 Å². The minimum absolute atomic E-state index is 0.0990. The van der Waals surface area contributed by atoms with Gasteiger partial charge in [0.25, 0.3) is 0 Å². The van der Waals surface area contributed by atoms with Crippen molar-refractivity contribution in [3.63, 3.8) is 0 Å². The largest absolute Gasteiger partial charge is 0.480 e. The van der Waals surface area contributed by atoms with Crippen molar-refractivity contribution in [2.75, 3.05) is 26.4 Å². The van der Waals surface area contributed by atoms with Crippen LogP contribution in [0.1, 0.15) is 56.6 Å². The zero-order valence-electron chi connectivity index (χ0n) is 20.9. The van der Waals surface area contributed by atoms with Gasteiger partial charge in [0.15, 0.2) is 12.3 Å². The number of carboxylic acid groups (broad SMARTS) is 1. The molecule has 1 amide bonds. The van der Waals surface area contributed by atoms with Crippen LogP contribution in [-0.4, -0.2) is 61.5 Å². The Hall–Kier alpha value is -2.94. The van der Waals surface area contributed by atoms with Crippen LogP contribution in [0.4, 0.5) is 4.79 Å². The zero-order valence-corrected chi connectivity index (χ0v) is 20.9. The molecule has 8 nitrogen and oxygen atoms in total. The summed E-state index contributed by atoms with van der Waals surface area (Å²) in [5, 5.41) is 12.0. The zero-order chi connectivity index (χ0) is 25.5. The number of hydrogen-bond acceptors (Lipinski definition) is 6. The lowest BCUT2D eigenvalue weighted by atomic mass is 9.98. The van der Waals surface area contributed by atoms with Gasteiger partial charge in [-0.2, -0.15) is 0 Å². The van der Waals surface area contributed by atoms with Crippen LogP contribution in [0.15, 0.2) is 48.5 Å². The number of carbonyl (C=O) groups excluding carboxylic acids is 1. The number of ether oxygens (including phenoxy) is 4. The van der Waals surface area contributed by atoms with Crippen molar-refractivity contribution in [3.05, 3.63) is 59.7 Å². The van der Waals surface area contributed by atoms with Gasteiger partial charge in [-0.05, 0) is 61.8 Å². The lowest BCUT2D eigenvalue weighted by molar-refractivity contribution is -0.219. The van der Waals surface area contributed by atoms with Gasteiger partial charge in [-0.15, -0.1) is 0 Å². The van der Waals surface area contributed by atoms with E-state index in [9.17, 15) is 14.7 Å². The van der Waals surface area contributed by atoms with E-state index in [1.807, 2.05) is 50.2 Å². The van der Waals surface area contributed by atoms with Crippen LogP contribution < -0.4 is 5.32 Å². The number of carboxylic acids is 1. The molecule has 8 heteroatoms. The molecule has 36 heavy (non-hydrogen) atoms. The molecule has 2 aromatic rings. The van der Waals surface area contributed by atoms with E-state index < -0.39 is 23.7 Å². The van der Waals surface area contributed by atoms with Crippen LogP contribution >= 0.6 is 0 Å². The Morgan fingerprint density at radius 1 is 1.08 bits per heavy atom. The molecule has 2 aliphatic rings. The highest BCUT2D eigenvalue weighted by Gasteiger charge is 2.30. The molecule has 2 unspecified atom stereocenters. The van der Waals surface area contributed by atoms with E-state index in [0.29, 0.717) is 13.0 Å². The number of rotatable bonds is 11. The van der Waals surface area contributed by atoms with E-state index in [1.54, 1.807) is 0 Å².